The number of nitrogens with one attached hydrogen (secondary N) is 1. The summed E-state index contributed by atoms with van der Waals surface area (Å²) in [5.74, 6) is 1.19. The van der Waals surface area contributed by atoms with Crippen molar-refractivity contribution in [2.75, 3.05) is 13.1 Å². The normalized spacial score (nSPS) is 22.8. The first-order valence-electron chi connectivity index (χ1n) is 9.02. The number of benzene rings is 2. The molecule has 2 atom stereocenters. The summed E-state index contributed by atoms with van der Waals surface area (Å²) >= 11 is 0. The van der Waals surface area contributed by atoms with Crippen molar-refractivity contribution in [1.29, 1.82) is 0 Å². The number of ether oxygens (including phenoxy) is 1. The highest BCUT2D eigenvalue weighted by Gasteiger charge is 2.39. The molecule has 0 saturated carbocycles. The van der Waals surface area contributed by atoms with E-state index in [1.165, 1.54) is 16.7 Å². The Kier molecular flexibility index (Phi) is 4.45. The second-order valence-electron chi connectivity index (χ2n) is 6.92. The van der Waals surface area contributed by atoms with E-state index in [2.05, 4.69) is 41.4 Å². The maximum Gasteiger partial charge on any atom is 0.223 e. The number of hydrogen-bond donors (Lipinski definition) is 1. The predicted octanol–water partition coefficient (Wildman–Crippen LogP) is 3.21. The van der Waals surface area contributed by atoms with Crippen LogP contribution in [0.4, 0.5) is 0 Å². The molecule has 2 aromatic carbocycles. The first-order valence-corrected chi connectivity index (χ1v) is 9.02. The van der Waals surface area contributed by atoms with Crippen LogP contribution in [0.5, 0.6) is 5.75 Å². The lowest BCUT2D eigenvalue weighted by atomic mass is 9.92. The molecule has 0 spiro atoms. The number of amides is 1. The minimum Gasteiger partial charge on any atom is -0.489 e. The molecule has 2 heterocycles. The third-order valence-electron chi connectivity index (χ3n) is 5.30. The molecule has 2 aliphatic rings. The summed E-state index contributed by atoms with van der Waals surface area (Å²) in [4.78, 5) is 14.1. The molecular weight excluding hydrogens is 312 g/mol. The molecule has 2 aliphatic heterocycles. The Morgan fingerprint density at radius 1 is 1.20 bits per heavy atom. The number of fused-ring (bicyclic) bond motifs is 1. The highest BCUT2D eigenvalue weighted by Crippen LogP contribution is 2.34. The van der Waals surface area contributed by atoms with Crippen LogP contribution in [-0.2, 0) is 11.4 Å². The first kappa shape index (κ1) is 16.2. The molecule has 130 valence electrons. The van der Waals surface area contributed by atoms with E-state index in [0.29, 0.717) is 18.9 Å². The van der Waals surface area contributed by atoms with Crippen LogP contribution in [0.3, 0.4) is 0 Å². The van der Waals surface area contributed by atoms with Crippen molar-refractivity contribution in [2.45, 2.75) is 38.5 Å². The lowest BCUT2D eigenvalue weighted by Gasteiger charge is -2.38. The van der Waals surface area contributed by atoms with Gasteiger partial charge in [0.1, 0.15) is 12.4 Å². The maximum absolute atomic E-state index is 12.0. The highest BCUT2D eigenvalue weighted by atomic mass is 16.5. The minimum absolute atomic E-state index is 0.225. The molecule has 2 fully saturated rings. The van der Waals surface area contributed by atoms with Crippen molar-refractivity contribution in [1.82, 2.24) is 10.2 Å². The van der Waals surface area contributed by atoms with Crippen LogP contribution in [0.15, 0.2) is 48.5 Å². The molecule has 4 nitrogen and oxygen atoms in total. The van der Waals surface area contributed by atoms with Crippen LogP contribution < -0.4 is 10.1 Å². The molecule has 1 amide bonds. The van der Waals surface area contributed by atoms with Crippen molar-refractivity contribution < 1.29 is 9.53 Å². The second-order valence-corrected chi connectivity index (χ2v) is 6.92. The smallest absolute Gasteiger partial charge is 0.223 e. The van der Waals surface area contributed by atoms with E-state index in [-0.39, 0.29) is 12.1 Å². The lowest BCUT2D eigenvalue weighted by molar-refractivity contribution is -0.130. The first-order chi connectivity index (χ1) is 12.2. The van der Waals surface area contributed by atoms with Crippen LogP contribution in [0, 0.1) is 6.92 Å². The van der Waals surface area contributed by atoms with Crippen molar-refractivity contribution in [3.05, 3.63) is 65.2 Å². The molecular formula is C21H24N2O2. The van der Waals surface area contributed by atoms with Gasteiger partial charge in [0.15, 0.2) is 0 Å². The molecule has 0 aliphatic carbocycles. The fourth-order valence-corrected chi connectivity index (χ4v) is 4.01. The molecule has 2 aromatic rings. The Balaban J connectivity index is 1.49. The van der Waals surface area contributed by atoms with Gasteiger partial charge < -0.3 is 15.0 Å². The molecule has 1 N–H and O–H groups in total. The van der Waals surface area contributed by atoms with E-state index < -0.39 is 0 Å². The molecule has 4 rings (SSSR count). The van der Waals surface area contributed by atoms with Crippen LogP contribution in [0.1, 0.15) is 35.6 Å². The fourth-order valence-electron chi connectivity index (χ4n) is 4.01. The maximum atomic E-state index is 12.0. The second kappa shape index (κ2) is 6.89. The molecule has 0 bridgehead atoms. The van der Waals surface area contributed by atoms with E-state index >= 15 is 0 Å². The van der Waals surface area contributed by atoms with Crippen LogP contribution in [0.2, 0.25) is 0 Å². The number of nitrogens with zero attached hydrogens (tertiary/aromatic N) is 1. The molecule has 0 unspecified atom stereocenters. The summed E-state index contributed by atoms with van der Waals surface area (Å²) in [6.45, 7) is 4.39. The van der Waals surface area contributed by atoms with Gasteiger partial charge in [-0.1, -0.05) is 36.4 Å². The summed E-state index contributed by atoms with van der Waals surface area (Å²) in [5, 5.41) is 3.61. The lowest BCUT2D eigenvalue weighted by Crippen LogP contribution is -2.51. The number of piperazine rings is 1. The average molecular weight is 336 g/mol. The Hall–Kier alpha value is -2.33. The van der Waals surface area contributed by atoms with E-state index in [1.807, 2.05) is 24.3 Å². The van der Waals surface area contributed by atoms with E-state index in [1.54, 1.807) is 0 Å². The SMILES string of the molecule is Cc1cc(OCc2ccccc2)ccc1[C@@H]1NCCN2C(=O)CC[C@@H]12. The predicted molar refractivity (Wildman–Crippen MR) is 97.4 cm³/mol. The van der Waals surface area contributed by atoms with Crippen molar-refractivity contribution in [3.8, 4) is 5.75 Å². The third-order valence-corrected chi connectivity index (χ3v) is 5.30. The number of carbonyl (C=O) groups excluding carboxylic acids is 1. The number of rotatable bonds is 4. The third kappa shape index (κ3) is 3.27. The van der Waals surface area contributed by atoms with Crippen molar-refractivity contribution in [2.24, 2.45) is 0 Å². The monoisotopic (exact) mass is 336 g/mol. The van der Waals surface area contributed by atoms with Gasteiger partial charge in [-0.2, -0.15) is 0 Å². The Bertz CT molecular complexity index is 760. The summed E-state index contributed by atoms with van der Waals surface area (Å²) in [6, 6.07) is 17.0. The largest absolute Gasteiger partial charge is 0.489 e. The standard InChI is InChI=1S/C21H24N2O2/c1-15-13-17(25-14-16-5-3-2-4-6-16)7-8-18(15)21-19-9-10-20(24)23(19)12-11-22-21/h2-8,13,19,21-22H,9-12,14H2,1H3/t19-,21-/m0/s1. The zero-order chi connectivity index (χ0) is 17.2. The summed E-state index contributed by atoms with van der Waals surface area (Å²) in [7, 11) is 0. The Morgan fingerprint density at radius 3 is 2.84 bits per heavy atom. The van der Waals surface area contributed by atoms with Gasteiger partial charge in [0.25, 0.3) is 0 Å². The van der Waals surface area contributed by atoms with Crippen molar-refractivity contribution >= 4 is 5.91 Å². The Labute approximate surface area is 148 Å². The zero-order valence-corrected chi connectivity index (χ0v) is 14.6. The topological polar surface area (TPSA) is 41.6 Å². The van der Waals surface area contributed by atoms with E-state index in [4.69, 9.17) is 4.74 Å². The number of aryl methyl sites for hydroxylation is 1. The van der Waals surface area contributed by atoms with Crippen LogP contribution >= 0.6 is 0 Å². The van der Waals surface area contributed by atoms with Gasteiger partial charge >= 0.3 is 0 Å². The zero-order valence-electron chi connectivity index (χ0n) is 14.6. The van der Waals surface area contributed by atoms with Crippen LogP contribution in [-0.4, -0.2) is 29.9 Å². The van der Waals surface area contributed by atoms with Crippen LogP contribution in [0.25, 0.3) is 0 Å². The van der Waals surface area contributed by atoms with Crippen molar-refractivity contribution in [3.63, 3.8) is 0 Å². The quantitative estimate of drug-likeness (QED) is 0.932. The molecule has 25 heavy (non-hydrogen) atoms. The highest BCUT2D eigenvalue weighted by molar-refractivity contribution is 5.79. The van der Waals surface area contributed by atoms with Gasteiger partial charge in [-0.25, -0.2) is 0 Å². The summed E-state index contributed by atoms with van der Waals surface area (Å²) in [6.07, 6.45) is 1.63. The molecule has 0 radical (unpaired) electrons. The average Bonchev–Trinajstić information content (AvgIpc) is 3.03. The number of hydrogen-bond acceptors (Lipinski definition) is 3. The number of carbonyl (C=O) groups is 1. The van der Waals surface area contributed by atoms with Gasteiger partial charge in [0.2, 0.25) is 5.91 Å². The van der Waals surface area contributed by atoms with E-state index in [9.17, 15) is 4.79 Å². The molecule has 4 heteroatoms. The Morgan fingerprint density at radius 2 is 2.04 bits per heavy atom. The van der Waals surface area contributed by atoms with E-state index in [0.717, 1.165) is 25.3 Å². The fraction of sp³-hybridized carbons (Fsp3) is 0.381. The summed E-state index contributed by atoms with van der Waals surface area (Å²) < 4.78 is 5.93. The van der Waals surface area contributed by atoms with Gasteiger partial charge in [-0.05, 0) is 42.2 Å². The van der Waals surface area contributed by atoms with Gasteiger partial charge in [-0.15, -0.1) is 0 Å². The summed E-state index contributed by atoms with van der Waals surface area (Å²) in [5.41, 5.74) is 3.65. The van der Waals surface area contributed by atoms with Gasteiger partial charge in [-0.3, -0.25) is 4.79 Å². The van der Waals surface area contributed by atoms with Gasteiger partial charge in [0, 0.05) is 19.5 Å². The molecule has 0 aromatic heterocycles. The minimum atomic E-state index is 0.225. The van der Waals surface area contributed by atoms with Gasteiger partial charge in [0.05, 0.1) is 12.1 Å². The molecule has 2 saturated heterocycles.